The fourth-order valence-corrected chi connectivity index (χ4v) is 4.44. The van der Waals surface area contributed by atoms with Crippen molar-refractivity contribution in [3.8, 4) is 0 Å². The summed E-state index contributed by atoms with van der Waals surface area (Å²) in [5.74, 6) is -0.944. The first-order chi connectivity index (χ1) is 13.5. The van der Waals surface area contributed by atoms with Gasteiger partial charge >= 0.3 is 6.03 Å². The van der Waals surface area contributed by atoms with Crippen LogP contribution in [0.5, 0.6) is 0 Å². The number of urea groups is 1. The van der Waals surface area contributed by atoms with Crippen LogP contribution < -0.4 is 10.6 Å². The zero-order chi connectivity index (χ0) is 20.1. The minimum atomic E-state index is -0.751. The van der Waals surface area contributed by atoms with E-state index in [4.69, 9.17) is 0 Å². The zero-order valence-electron chi connectivity index (χ0n) is 16.1. The molecular formula is C20H25FN4O2S. The summed E-state index contributed by atoms with van der Waals surface area (Å²) >= 11 is 1.32. The van der Waals surface area contributed by atoms with Crippen LogP contribution in [0, 0.1) is 19.7 Å². The van der Waals surface area contributed by atoms with Gasteiger partial charge in [-0.05, 0) is 38.8 Å². The fourth-order valence-electron chi connectivity index (χ4n) is 3.48. The van der Waals surface area contributed by atoms with Crippen molar-refractivity contribution in [3.05, 3.63) is 41.5 Å². The largest absolute Gasteiger partial charge is 0.325 e. The van der Waals surface area contributed by atoms with Crippen LogP contribution in [0.25, 0.3) is 0 Å². The van der Waals surface area contributed by atoms with Gasteiger partial charge < -0.3 is 9.88 Å². The van der Waals surface area contributed by atoms with E-state index < -0.39 is 17.8 Å². The van der Waals surface area contributed by atoms with Crippen LogP contribution in [0.2, 0.25) is 0 Å². The second-order valence-corrected chi connectivity index (χ2v) is 7.94. The lowest BCUT2D eigenvalue weighted by molar-refractivity contribution is -0.117. The van der Waals surface area contributed by atoms with E-state index >= 15 is 0 Å². The lowest BCUT2D eigenvalue weighted by Crippen LogP contribution is -2.35. The standard InChI is InChI=1S/C20H25FN4O2S/c1-13-14(2)25(15-8-4-3-5-9-15)20(22-13)28-12-18(26)24-19(27)23-17-11-7-6-10-16(17)21/h6-7,10-11,15H,3-5,8-9,12H2,1-2H3,(H2,23,24,26,27). The molecule has 0 atom stereocenters. The molecule has 1 saturated carbocycles. The summed E-state index contributed by atoms with van der Waals surface area (Å²) in [5, 5.41) is 5.38. The van der Waals surface area contributed by atoms with Gasteiger partial charge in [0.1, 0.15) is 5.82 Å². The van der Waals surface area contributed by atoms with Crippen molar-refractivity contribution >= 4 is 29.4 Å². The van der Waals surface area contributed by atoms with Gasteiger partial charge in [0.25, 0.3) is 0 Å². The highest BCUT2D eigenvalue weighted by Gasteiger charge is 2.22. The molecule has 1 aliphatic carbocycles. The molecule has 0 bridgehead atoms. The van der Waals surface area contributed by atoms with Gasteiger partial charge in [-0.1, -0.05) is 43.2 Å². The van der Waals surface area contributed by atoms with Gasteiger partial charge in [0.05, 0.1) is 17.1 Å². The number of thioether (sulfide) groups is 1. The predicted octanol–water partition coefficient (Wildman–Crippen LogP) is 4.58. The van der Waals surface area contributed by atoms with Crippen molar-refractivity contribution in [1.29, 1.82) is 0 Å². The van der Waals surface area contributed by atoms with E-state index in [0.29, 0.717) is 6.04 Å². The molecule has 0 unspecified atom stereocenters. The number of imidazole rings is 1. The lowest BCUT2D eigenvalue weighted by Gasteiger charge is -2.26. The maximum atomic E-state index is 13.6. The molecule has 0 saturated heterocycles. The third-order valence-corrected chi connectivity index (χ3v) is 5.95. The number of hydrogen-bond acceptors (Lipinski definition) is 4. The van der Waals surface area contributed by atoms with Crippen LogP contribution in [-0.4, -0.2) is 27.2 Å². The second kappa shape index (κ2) is 9.23. The predicted molar refractivity (Wildman–Crippen MR) is 108 cm³/mol. The summed E-state index contributed by atoms with van der Waals surface area (Å²) in [4.78, 5) is 28.7. The quantitative estimate of drug-likeness (QED) is 0.715. The Hall–Kier alpha value is -2.35. The number of benzene rings is 1. The van der Waals surface area contributed by atoms with Gasteiger partial charge in [0.2, 0.25) is 5.91 Å². The van der Waals surface area contributed by atoms with Crippen molar-refractivity contribution in [2.75, 3.05) is 11.1 Å². The highest BCUT2D eigenvalue weighted by Crippen LogP contribution is 2.34. The number of nitrogens with one attached hydrogen (secondary N) is 2. The maximum absolute atomic E-state index is 13.6. The molecule has 3 amide bonds. The number of nitrogens with zero attached hydrogens (tertiary/aromatic N) is 2. The van der Waals surface area contributed by atoms with Crippen molar-refractivity contribution in [1.82, 2.24) is 14.9 Å². The van der Waals surface area contributed by atoms with Crippen LogP contribution in [0.1, 0.15) is 49.5 Å². The Morgan fingerprint density at radius 3 is 2.64 bits per heavy atom. The number of aryl methyl sites for hydroxylation is 1. The second-order valence-electron chi connectivity index (χ2n) is 7.00. The van der Waals surface area contributed by atoms with Gasteiger partial charge in [0.15, 0.2) is 5.16 Å². The molecule has 3 rings (SSSR count). The molecule has 1 aromatic carbocycles. The zero-order valence-corrected chi connectivity index (χ0v) is 16.9. The number of amides is 3. The highest BCUT2D eigenvalue weighted by atomic mass is 32.2. The van der Waals surface area contributed by atoms with E-state index in [1.165, 1.54) is 49.2 Å². The monoisotopic (exact) mass is 404 g/mol. The van der Waals surface area contributed by atoms with Gasteiger partial charge in [-0.3, -0.25) is 10.1 Å². The number of rotatable bonds is 5. The van der Waals surface area contributed by atoms with Gasteiger partial charge in [-0.2, -0.15) is 0 Å². The summed E-state index contributed by atoms with van der Waals surface area (Å²) in [6.45, 7) is 4.03. The van der Waals surface area contributed by atoms with Crippen LogP contribution in [0.3, 0.4) is 0 Å². The van der Waals surface area contributed by atoms with E-state index in [1.54, 1.807) is 6.07 Å². The molecular weight excluding hydrogens is 379 g/mol. The number of carbonyl (C=O) groups excluding carboxylic acids is 2. The molecule has 28 heavy (non-hydrogen) atoms. The summed E-state index contributed by atoms with van der Waals surface area (Å²) in [7, 11) is 0. The van der Waals surface area contributed by atoms with E-state index in [1.807, 2.05) is 6.92 Å². The molecule has 2 N–H and O–H groups in total. The number of carbonyl (C=O) groups is 2. The normalized spacial score (nSPS) is 14.7. The number of imide groups is 1. The molecule has 8 heteroatoms. The minimum absolute atomic E-state index is 0.0274. The molecule has 1 fully saturated rings. The third kappa shape index (κ3) is 4.92. The van der Waals surface area contributed by atoms with Crippen LogP contribution in [0.4, 0.5) is 14.9 Å². The van der Waals surface area contributed by atoms with E-state index in [-0.39, 0.29) is 11.4 Å². The summed E-state index contributed by atoms with van der Waals surface area (Å²) in [5.41, 5.74) is 2.12. The summed E-state index contributed by atoms with van der Waals surface area (Å²) in [6, 6.07) is 5.47. The first kappa shape index (κ1) is 20.4. The first-order valence-corrected chi connectivity index (χ1v) is 10.5. The smallest absolute Gasteiger partial charge is 0.320 e. The van der Waals surface area contributed by atoms with Crippen molar-refractivity contribution in [2.24, 2.45) is 0 Å². The average Bonchev–Trinajstić information content (AvgIpc) is 2.96. The number of anilines is 1. The van der Waals surface area contributed by atoms with Gasteiger partial charge in [-0.15, -0.1) is 0 Å². The molecule has 6 nitrogen and oxygen atoms in total. The van der Waals surface area contributed by atoms with Crippen LogP contribution in [-0.2, 0) is 4.79 Å². The number of aromatic nitrogens is 2. The Labute approximate surface area is 168 Å². The molecule has 1 aliphatic rings. The number of para-hydroxylation sites is 1. The topological polar surface area (TPSA) is 76.0 Å². The van der Waals surface area contributed by atoms with Crippen molar-refractivity contribution < 1.29 is 14.0 Å². The summed E-state index contributed by atoms with van der Waals surface area (Å²) < 4.78 is 15.8. The van der Waals surface area contributed by atoms with E-state index in [9.17, 15) is 14.0 Å². The van der Waals surface area contributed by atoms with Crippen LogP contribution >= 0.6 is 11.8 Å². The van der Waals surface area contributed by atoms with E-state index in [0.717, 1.165) is 29.4 Å². The first-order valence-electron chi connectivity index (χ1n) is 9.49. The molecule has 2 aromatic rings. The Morgan fingerprint density at radius 2 is 1.93 bits per heavy atom. The molecule has 150 valence electrons. The van der Waals surface area contributed by atoms with Crippen LogP contribution in [0.15, 0.2) is 29.4 Å². The van der Waals surface area contributed by atoms with Gasteiger partial charge in [0, 0.05) is 11.7 Å². The fraction of sp³-hybridized carbons (Fsp3) is 0.450. The Balaban J connectivity index is 1.58. The molecule has 0 aliphatic heterocycles. The SMILES string of the molecule is Cc1nc(SCC(=O)NC(=O)Nc2ccccc2F)n(C2CCCCC2)c1C. The molecule has 1 heterocycles. The maximum Gasteiger partial charge on any atom is 0.325 e. The van der Waals surface area contributed by atoms with Crippen molar-refractivity contribution in [3.63, 3.8) is 0 Å². The minimum Gasteiger partial charge on any atom is -0.320 e. The van der Waals surface area contributed by atoms with E-state index in [2.05, 4.69) is 27.1 Å². The summed E-state index contributed by atoms with van der Waals surface area (Å²) in [6.07, 6.45) is 5.94. The molecule has 1 aromatic heterocycles. The Morgan fingerprint density at radius 1 is 1.21 bits per heavy atom. The number of halogens is 1. The highest BCUT2D eigenvalue weighted by molar-refractivity contribution is 7.99. The average molecular weight is 405 g/mol. The van der Waals surface area contributed by atoms with Gasteiger partial charge in [-0.25, -0.2) is 14.2 Å². The number of hydrogen-bond donors (Lipinski definition) is 2. The molecule has 0 radical (unpaired) electrons. The Kier molecular flexibility index (Phi) is 6.72. The Bertz CT molecular complexity index is 862. The third-order valence-electron chi connectivity index (χ3n) is 5.00. The molecule has 0 spiro atoms. The lowest BCUT2D eigenvalue weighted by atomic mass is 9.95. The van der Waals surface area contributed by atoms with Crippen molar-refractivity contribution in [2.45, 2.75) is 57.1 Å².